The molecule has 1 rings (SSSR count). The molecule has 96 valence electrons. The summed E-state index contributed by atoms with van der Waals surface area (Å²) in [5.74, 6) is 1.66. The first kappa shape index (κ1) is 13.8. The summed E-state index contributed by atoms with van der Waals surface area (Å²) in [6.07, 6.45) is 1.88. The summed E-state index contributed by atoms with van der Waals surface area (Å²) < 4.78 is 16.3. The molecule has 0 saturated heterocycles. The number of hydrogen-bond acceptors (Lipinski definition) is 3. The topological polar surface area (TPSA) is 27.7 Å². The van der Waals surface area contributed by atoms with Crippen molar-refractivity contribution in [2.45, 2.75) is 26.7 Å². The van der Waals surface area contributed by atoms with Crippen LogP contribution in [-0.4, -0.2) is 26.9 Å². The van der Waals surface area contributed by atoms with Crippen LogP contribution in [0.1, 0.15) is 25.3 Å². The van der Waals surface area contributed by atoms with E-state index in [0.29, 0.717) is 6.61 Å². The van der Waals surface area contributed by atoms with Crippen LogP contribution in [0.2, 0.25) is 0 Å². The molecule has 0 spiro atoms. The van der Waals surface area contributed by atoms with Gasteiger partial charge < -0.3 is 14.2 Å². The van der Waals surface area contributed by atoms with Gasteiger partial charge in [-0.25, -0.2) is 0 Å². The normalized spacial score (nSPS) is 10.3. The number of rotatable bonds is 8. The van der Waals surface area contributed by atoms with Crippen LogP contribution in [-0.2, 0) is 4.74 Å². The third-order valence-electron chi connectivity index (χ3n) is 2.31. The van der Waals surface area contributed by atoms with Gasteiger partial charge in [-0.2, -0.15) is 0 Å². The zero-order valence-electron chi connectivity index (χ0n) is 11.0. The SMILES string of the molecule is CCCOc1ccc(C)cc1OCCCOC. The lowest BCUT2D eigenvalue weighted by atomic mass is 10.2. The second kappa shape index (κ2) is 7.96. The van der Waals surface area contributed by atoms with E-state index in [1.165, 1.54) is 5.56 Å². The standard InChI is InChI=1S/C14H22O3/c1-4-8-16-13-7-6-12(2)11-14(13)17-10-5-9-15-3/h6-7,11H,4-5,8-10H2,1-3H3. The first-order valence-electron chi connectivity index (χ1n) is 6.13. The molecule has 3 heteroatoms. The van der Waals surface area contributed by atoms with E-state index in [4.69, 9.17) is 14.2 Å². The molecule has 0 aliphatic rings. The maximum Gasteiger partial charge on any atom is 0.161 e. The highest BCUT2D eigenvalue weighted by atomic mass is 16.5. The van der Waals surface area contributed by atoms with Crippen LogP contribution in [0.15, 0.2) is 18.2 Å². The Bertz CT molecular complexity index is 323. The molecule has 1 aromatic carbocycles. The molecule has 17 heavy (non-hydrogen) atoms. The van der Waals surface area contributed by atoms with Crippen LogP contribution in [0.4, 0.5) is 0 Å². The minimum absolute atomic E-state index is 0.653. The van der Waals surface area contributed by atoms with Crippen LogP contribution in [0.25, 0.3) is 0 Å². The maximum atomic E-state index is 5.71. The van der Waals surface area contributed by atoms with Gasteiger partial charge >= 0.3 is 0 Å². The summed E-state index contributed by atoms with van der Waals surface area (Å²) in [5, 5.41) is 0. The first-order chi connectivity index (χ1) is 8.27. The van der Waals surface area contributed by atoms with Gasteiger partial charge in [0.2, 0.25) is 0 Å². The van der Waals surface area contributed by atoms with Crippen molar-refractivity contribution in [2.75, 3.05) is 26.9 Å². The molecule has 0 fully saturated rings. The Hall–Kier alpha value is -1.22. The number of ether oxygens (including phenoxy) is 3. The Labute approximate surface area is 104 Å². The van der Waals surface area contributed by atoms with Gasteiger partial charge in [0.05, 0.1) is 13.2 Å². The molecule has 0 saturated carbocycles. The van der Waals surface area contributed by atoms with Crippen LogP contribution >= 0.6 is 0 Å². The summed E-state index contributed by atoms with van der Waals surface area (Å²) in [7, 11) is 1.70. The molecule has 0 amide bonds. The Morgan fingerprint density at radius 3 is 2.47 bits per heavy atom. The van der Waals surface area contributed by atoms with Crippen molar-refractivity contribution in [1.29, 1.82) is 0 Å². The zero-order valence-corrected chi connectivity index (χ0v) is 11.0. The number of hydrogen-bond donors (Lipinski definition) is 0. The first-order valence-corrected chi connectivity index (χ1v) is 6.13. The van der Waals surface area contributed by atoms with Gasteiger partial charge in [0.15, 0.2) is 11.5 Å². The predicted molar refractivity (Wildman–Crippen MR) is 69.0 cm³/mol. The fraction of sp³-hybridized carbons (Fsp3) is 0.571. The van der Waals surface area contributed by atoms with Gasteiger partial charge in [-0.15, -0.1) is 0 Å². The number of benzene rings is 1. The van der Waals surface area contributed by atoms with Gasteiger partial charge in [-0.1, -0.05) is 13.0 Å². The van der Waals surface area contributed by atoms with Gasteiger partial charge in [0.1, 0.15) is 0 Å². The second-order valence-electron chi connectivity index (χ2n) is 3.99. The van der Waals surface area contributed by atoms with Crippen LogP contribution in [0.3, 0.4) is 0 Å². The molecule has 3 nitrogen and oxygen atoms in total. The minimum Gasteiger partial charge on any atom is -0.490 e. The lowest BCUT2D eigenvalue weighted by molar-refractivity contribution is 0.170. The molecule has 0 radical (unpaired) electrons. The van der Waals surface area contributed by atoms with Crippen molar-refractivity contribution in [3.05, 3.63) is 23.8 Å². The highest BCUT2D eigenvalue weighted by Crippen LogP contribution is 2.28. The fourth-order valence-corrected chi connectivity index (χ4v) is 1.44. The van der Waals surface area contributed by atoms with Crippen molar-refractivity contribution in [3.63, 3.8) is 0 Å². The van der Waals surface area contributed by atoms with Crippen molar-refractivity contribution in [1.82, 2.24) is 0 Å². The molecule has 0 aliphatic carbocycles. The zero-order chi connectivity index (χ0) is 12.5. The highest BCUT2D eigenvalue weighted by Gasteiger charge is 2.05. The Morgan fingerprint density at radius 1 is 1.00 bits per heavy atom. The maximum absolute atomic E-state index is 5.71. The molecule has 0 bridgehead atoms. The lowest BCUT2D eigenvalue weighted by Crippen LogP contribution is -2.04. The quantitative estimate of drug-likeness (QED) is 0.651. The van der Waals surface area contributed by atoms with Crippen LogP contribution in [0.5, 0.6) is 11.5 Å². The van der Waals surface area contributed by atoms with E-state index >= 15 is 0 Å². The van der Waals surface area contributed by atoms with Crippen molar-refractivity contribution < 1.29 is 14.2 Å². The molecule has 1 aromatic rings. The highest BCUT2D eigenvalue weighted by molar-refractivity contribution is 5.42. The fourth-order valence-electron chi connectivity index (χ4n) is 1.44. The monoisotopic (exact) mass is 238 g/mol. The van der Waals surface area contributed by atoms with Crippen LogP contribution < -0.4 is 9.47 Å². The molecular formula is C14H22O3. The molecule has 0 N–H and O–H groups in total. The molecule has 0 heterocycles. The van der Waals surface area contributed by atoms with E-state index in [-0.39, 0.29) is 0 Å². The molecular weight excluding hydrogens is 216 g/mol. The number of methoxy groups -OCH3 is 1. The molecule has 0 aromatic heterocycles. The van der Waals surface area contributed by atoms with E-state index in [2.05, 4.69) is 6.92 Å². The van der Waals surface area contributed by atoms with E-state index in [1.54, 1.807) is 7.11 Å². The molecule has 0 unspecified atom stereocenters. The van der Waals surface area contributed by atoms with Crippen molar-refractivity contribution in [3.8, 4) is 11.5 Å². The van der Waals surface area contributed by atoms with Crippen molar-refractivity contribution in [2.24, 2.45) is 0 Å². The largest absolute Gasteiger partial charge is 0.490 e. The lowest BCUT2D eigenvalue weighted by Gasteiger charge is -2.13. The van der Waals surface area contributed by atoms with Crippen molar-refractivity contribution >= 4 is 0 Å². The number of aryl methyl sites for hydroxylation is 1. The summed E-state index contributed by atoms with van der Waals surface area (Å²) in [6, 6.07) is 6.02. The molecule has 0 aliphatic heterocycles. The molecule has 0 atom stereocenters. The average molecular weight is 238 g/mol. The average Bonchev–Trinajstić information content (AvgIpc) is 2.33. The van der Waals surface area contributed by atoms with E-state index in [1.807, 2.05) is 25.1 Å². The summed E-state index contributed by atoms with van der Waals surface area (Å²) >= 11 is 0. The smallest absolute Gasteiger partial charge is 0.161 e. The van der Waals surface area contributed by atoms with Gasteiger partial charge in [0.25, 0.3) is 0 Å². The Kier molecular flexibility index (Phi) is 6.48. The van der Waals surface area contributed by atoms with Crippen LogP contribution in [0, 0.1) is 6.92 Å². The minimum atomic E-state index is 0.653. The third kappa shape index (κ3) is 5.09. The Morgan fingerprint density at radius 2 is 1.76 bits per heavy atom. The summed E-state index contributed by atoms with van der Waals surface area (Å²) in [6.45, 7) is 6.23. The third-order valence-corrected chi connectivity index (χ3v) is 2.31. The van der Waals surface area contributed by atoms with Gasteiger partial charge in [0, 0.05) is 20.1 Å². The van der Waals surface area contributed by atoms with Gasteiger partial charge in [-0.3, -0.25) is 0 Å². The summed E-state index contributed by atoms with van der Waals surface area (Å²) in [5.41, 5.74) is 1.18. The van der Waals surface area contributed by atoms with E-state index in [0.717, 1.165) is 37.6 Å². The summed E-state index contributed by atoms with van der Waals surface area (Å²) in [4.78, 5) is 0. The van der Waals surface area contributed by atoms with E-state index in [9.17, 15) is 0 Å². The second-order valence-corrected chi connectivity index (χ2v) is 3.99. The van der Waals surface area contributed by atoms with E-state index < -0.39 is 0 Å². The predicted octanol–water partition coefficient (Wildman–Crippen LogP) is 3.20. The van der Waals surface area contributed by atoms with Gasteiger partial charge in [-0.05, 0) is 31.0 Å². The Balaban J connectivity index is 2.56.